The highest BCUT2D eigenvalue weighted by Gasteiger charge is 2.24. The standard InChI is InChI=1S/C15H31NO2/c1-12-6-7-14(10-13(12)2)18-9-5-4-8-15(3,16)11-17/h12-14,17H,4-11,16H2,1-3H3. The summed E-state index contributed by atoms with van der Waals surface area (Å²) in [5.41, 5.74) is 5.46. The molecule has 0 radical (unpaired) electrons. The van der Waals surface area contributed by atoms with Crippen molar-refractivity contribution in [1.82, 2.24) is 0 Å². The van der Waals surface area contributed by atoms with Crippen molar-refractivity contribution < 1.29 is 9.84 Å². The van der Waals surface area contributed by atoms with Gasteiger partial charge in [0.2, 0.25) is 0 Å². The zero-order chi connectivity index (χ0) is 13.6. The van der Waals surface area contributed by atoms with Crippen molar-refractivity contribution in [3.8, 4) is 0 Å². The van der Waals surface area contributed by atoms with Crippen LogP contribution in [-0.4, -0.2) is 30.0 Å². The molecule has 0 spiro atoms. The van der Waals surface area contributed by atoms with E-state index < -0.39 is 5.54 Å². The van der Waals surface area contributed by atoms with Crippen molar-refractivity contribution in [2.45, 2.75) is 70.9 Å². The minimum absolute atomic E-state index is 0.0614. The maximum absolute atomic E-state index is 9.05. The fourth-order valence-corrected chi connectivity index (χ4v) is 2.61. The minimum atomic E-state index is -0.422. The second-order valence-corrected chi connectivity index (χ2v) is 6.53. The average molecular weight is 257 g/mol. The van der Waals surface area contributed by atoms with Crippen LogP contribution >= 0.6 is 0 Å². The monoisotopic (exact) mass is 257 g/mol. The van der Waals surface area contributed by atoms with E-state index in [2.05, 4.69) is 13.8 Å². The minimum Gasteiger partial charge on any atom is -0.394 e. The van der Waals surface area contributed by atoms with Crippen LogP contribution in [0.5, 0.6) is 0 Å². The lowest BCUT2D eigenvalue weighted by atomic mass is 9.80. The lowest BCUT2D eigenvalue weighted by Gasteiger charge is -2.32. The molecule has 0 heterocycles. The number of hydrogen-bond donors (Lipinski definition) is 2. The Labute approximate surface area is 112 Å². The summed E-state index contributed by atoms with van der Waals surface area (Å²) >= 11 is 0. The molecule has 0 aliphatic heterocycles. The van der Waals surface area contributed by atoms with E-state index in [-0.39, 0.29) is 6.61 Å². The van der Waals surface area contributed by atoms with Gasteiger partial charge in [0.15, 0.2) is 0 Å². The smallest absolute Gasteiger partial charge is 0.0608 e. The van der Waals surface area contributed by atoms with Crippen LogP contribution in [0.1, 0.15) is 59.3 Å². The summed E-state index contributed by atoms with van der Waals surface area (Å²) in [7, 11) is 0. The van der Waals surface area contributed by atoms with Gasteiger partial charge in [0.1, 0.15) is 0 Å². The third-order valence-electron chi connectivity index (χ3n) is 4.41. The van der Waals surface area contributed by atoms with Crippen LogP contribution in [0.15, 0.2) is 0 Å². The van der Waals surface area contributed by atoms with Crippen LogP contribution < -0.4 is 5.73 Å². The number of ether oxygens (including phenoxy) is 1. The summed E-state index contributed by atoms with van der Waals surface area (Å²) in [6.45, 7) is 7.48. The molecule has 0 amide bonds. The van der Waals surface area contributed by atoms with E-state index in [0.29, 0.717) is 6.10 Å². The second-order valence-electron chi connectivity index (χ2n) is 6.53. The Kier molecular flexibility index (Phi) is 6.61. The Morgan fingerprint density at radius 2 is 1.94 bits per heavy atom. The van der Waals surface area contributed by atoms with Gasteiger partial charge in [-0.1, -0.05) is 13.8 Å². The van der Waals surface area contributed by atoms with Crippen LogP contribution in [0.2, 0.25) is 0 Å². The highest BCUT2D eigenvalue weighted by atomic mass is 16.5. The topological polar surface area (TPSA) is 55.5 Å². The summed E-state index contributed by atoms with van der Waals surface area (Å²) in [5, 5.41) is 9.05. The summed E-state index contributed by atoms with van der Waals surface area (Å²) < 4.78 is 5.95. The molecule has 1 rings (SSSR count). The molecule has 0 aromatic carbocycles. The molecule has 1 aliphatic rings. The van der Waals surface area contributed by atoms with Crippen LogP contribution in [-0.2, 0) is 4.74 Å². The van der Waals surface area contributed by atoms with Crippen LogP contribution in [0.4, 0.5) is 0 Å². The summed E-state index contributed by atoms with van der Waals surface area (Å²) in [6.07, 6.45) is 7.16. The Morgan fingerprint density at radius 1 is 1.22 bits per heavy atom. The zero-order valence-electron chi connectivity index (χ0n) is 12.3. The number of rotatable bonds is 7. The number of aliphatic hydroxyl groups excluding tert-OH is 1. The Morgan fingerprint density at radius 3 is 2.56 bits per heavy atom. The Hall–Kier alpha value is -0.120. The van der Waals surface area contributed by atoms with Crippen molar-refractivity contribution in [2.75, 3.05) is 13.2 Å². The number of aliphatic hydroxyl groups is 1. The lowest BCUT2D eigenvalue weighted by Crippen LogP contribution is -2.40. The van der Waals surface area contributed by atoms with Crippen molar-refractivity contribution in [3.05, 3.63) is 0 Å². The van der Waals surface area contributed by atoms with Gasteiger partial charge >= 0.3 is 0 Å². The lowest BCUT2D eigenvalue weighted by molar-refractivity contribution is 0.000482. The third-order valence-corrected chi connectivity index (χ3v) is 4.41. The van der Waals surface area contributed by atoms with Gasteiger partial charge < -0.3 is 15.6 Å². The van der Waals surface area contributed by atoms with Crippen molar-refractivity contribution >= 4 is 0 Å². The van der Waals surface area contributed by atoms with Crippen LogP contribution in [0.25, 0.3) is 0 Å². The maximum Gasteiger partial charge on any atom is 0.0608 e. The molecule has 0 bridgehead atoms. The highest BCUT2D eigenvalue weighted by molar-refractivity contribution is 4.77. The largest absolute Gasteiger partial charge is 0.394 e. The van der Waals surface area contributed by atoms with E-state index in [4.69, 9.17) is 15.6 Å². The van der Waals surface area contributed by atoms with E-state index in [1.807, 2.05) is 6.92 Å². The molecule has 1 fully saturated rings. The molecule has 18 heavy (non-hydrogen) atoms. The SMILES string of the molecule is CC1CCC(OCCCCC(C)(N)CO)CC1C. The van der Waals surface area contributed by atoms with Gasteiger partial charge in [-0.25, -0.2) is 0 Å². The summed E-state index contributed by atoms with van der Waals surface area (Å²) in [6, 6.07) is 0. The van der Waals surface area contributed by atoms with Gasteiger partial charge in [0.25, 0.3) is 0 Å². The fraction of sp³-hybridized carbons (Fsp3) is 1.00. The molecular weight excluding hydrogens is 226 g/mol. The normalized spacial score (nSPS) is 32.2. The molecule has 3 heteroatoms. The van der Waals surface area contributed by atoms with E-state index in [1.54, 1.807) is 0 Å². The van der Waals surface area contributed by atoms with Crippen molar-refractivity contribution in [2.24, 2.45) is 17.6 Å². The molecule has 4 unspecified atom stereocenters. The molecule has 4 atom stereocenters. The van der Waals surface area contributed by atoms with Gasteiger partial charge in [-0.05, 0) is 57.3 Å². The number of hydrogen-bond acceptors (Lipinski definition) is 3. The molecule has 0 aromatic heterocycles. The first kappa shape index (κ1) is 15.9. The number of unbranched alkanes of at least 4 members (excludes halogenated alkanes) is 1. The molecule has 3 N–H and O–H groups in total. The number of nitrogens with two attached hydrogens (primary N) is 1. The first-order valence-corrected chi connectivity index (χ1v) is 7.46. The van der Waals surface area contributed by atoms with Gasteiger partial charge in [0.05, 0.1) is 12.7 Å². The molecule has 108 valence electrons. The summed E-state index contributed by atoms with van der Waals surface area (Å²) in [4.78, 5) is 0. The van der Waals surface area contributed by atoms with E-state index >= 15 is 0 Å². The molecule has 1 aliphatic carbocycles. The summed E-state index contributed by atoms with van der Waals surface area (Å²) in [5.74, 6) is 1.65. The van der Waals surface area contributed by atoms with Crippen LogP contribution in [0, 0.1) is 11.8 Å². The van der Waals surface area contributed by atoms with Crippen molar-refractivity contribution in [1.29, 1.82) is 0 Å². The maximum atomic E-state index is 9.05. The molecule has 0 aromatic rings. The average Bonchev–Trinajstić information content (AvgIpc) is 2.33. The predicted octanol–water partition coefficient (Wildman–Crippen LogP) is 2.71. The predicted molar refractivity (Wildman–Crippen MR) is 75.4 cm³/mol. The molecular formula is C15H31NO2. The highest BCUT2D eigenvalue weighted by Crippen LogP contribution is 2.30. The zero-order valence-corrected chi connectivity index (χ0v) is 12.3. The molecule has 1 saturated carbocycles. The van der Waals surface area contributed by atoms with Gasteiger partial charge in [-0.15, -0.1) is 0 Å². The quantitative estimate of drug-likeness (QED) is 0.689. The Balaban J connectivity index is 2.05. The van der Waals surface area contributed by atoms with Gasteiger partial charge in [-0.3, -0.25) is 0 Å². The van der Waals surface area contributed by atoms with E-state index in [9.17, 15) is 0 Å². The van der Waals surface area contributed by atoms with Gasteiger partial charge in [-0.2, -0.15) is 0 Å². The molecule has 0 saturated heterocycles. The van der Waals surface area contributed by atoms with Gasteiger partial charge in [0, 0.05) is 12.1 Å². The first-order chi connectivity index (χ1) is 8.44. The first-order valence-electron chi connectivity index (χ1n) is 7.46. The van der Waals surface area contributed by atoms with Crippen LogP contribution in [0.3, 0.4) is 0 Å². The van der Waals surface area contributed by atoms with E-state index in [1.165, 1.54) is 19.3 Å². The Bertz CT molecular complexity index is 231. The van der Waals surface area contributed by atoms with Crippen molar-refractivity contribution in [3.63, 3.8) is 0 Å². The third kappa shape index (κ3) is 5.68. The fourth-order valence-electron chi connectivity index (χ4n) is 2.61. The second kappa shape index (κ2) is 7.46. The molecule has 3 nitrogen and oxygen atoms in total. The van der Waals surface area contributed by atoms with E-state index in [0.717, 1.165) is 37.7 Å².